The Labute approximate surface area is 154 Å². The molecule has 134 valence electrons. The highest BCUT2D eigenvalue weighted by atomic mass is 19.1. The molecule has 0 aliphatic carbocycles. The van der Waals surface area contributed by atoms with Crippen LogP contribution in [-0.4, -0.2) is 27.5 Å². The molecule has 6 nitrogen and oxygen atoms in total. The van der Waals surface area contributed by atoms with Crippen molar-refractivity contribution in [2.45, 2.75) is 18.9 Å². The first-order valence-corrected chi connectivity index (χ1v) is 8.49. The molecule has 0 radical (unpaired) electrons. The van der Waals surface area contributed by atoms with E-state index in [-0.39, 0.29) is 17.6 Å². The third-order valence-electron chi connectivity index (χ3n) is 4.57. The minimum absolute atomic E-state index is 0.00838. The number of likely N-dealkylation sites (tertiary alicyclic amines) is 1. The highest BCUT2D eigenvalue weighted by Gasteiger charge is 2.33. The lowest BCUT2D eigenvalue weighted by molar-refractivity contribution is -0.128. The van der Waals surface area contributed by atoms with Gasteiger partial charge >= 0.3 is 0 Å². The quantitative estimate of drug-likeness (QED) is 0.711. The number of rotatable bonds is 4. The molecule has 1 unspecified atom stereocenters. The van der Waals surface area contributed by atoms with Gasteiger partial charge in [-0.15, -0.1) is 0 Å². The summed E-state index contributed by atoms with van der Waals surface area (Å²) in [7, 11) is 0. The lowest BCUT2D eigenvalue weighted by Crippen LogP contribution is -2.24. The summed E-state index contributed by atoms with van der Waals surface area (Å²) in [6.45, 7) is 0.915. The van der Waals surface area contributed by atoms with Gasteiger partial charge in [0.05, 0.1) is 11.6 Å². The number of carbonyl (C=O) groups excluding carboxylic acids is 1. The van der Waals surface area contributed by atoms with Crippen LogP contribution in [-0.2, 0) is 11.3 Å². The first-order valence-electron chi connectivity index (χ1n) is 8.49. The normalized spacial score (nSPS) is 16.5. The number of nitriles is 1. The average molecular weight is 362 g/mol. The number of nitrogens with zero attached hydrogens (tertiary/aromatic N) is 4. The molecule has 1 aromatic heterocycles. The average Bonchev–Trinajstić information content (AvgIpc) is 3.31. The van der Waals surface area contributed by atoms with Crippen molar-refractivity contribution in [3.8, 4) is 17.5 Å². The summed E-state index contributed by atoms with van der Waals surface area (Å²) in [4.78, 5) is 18.4. The molecule has 1 aliphatic rings. The molecule has 2 heterocycles. The van der Waals surface area contributed by atoms with E-state index in [1.165, 1.54) is 12.1 Å². The van der Waals surface area contributed by atoms with E-state index < -0.39 is 0 Å². The molecule has 4 rings (SSSR count). The van der Waals surface area contributed by atoms with E-state index in [1.807, 2.05) is 0 Å². The van der Waals surface area contributed by atoms with E-state index >= 15 is 0 Å². The van der Waals surface area contributed by atoms with Crippen LogP contribution in [0.1, 0.15) is 29.3 Å². The van der Waals surface area contributed by atoms with Gasteiger partial charge in [0.2, 0.25) is 5.91 Å². The zero-order valence-electron chi connectivity index (χ0n) is 14.3. The Morgan fingerprint density at radius 3 is 2.63 bits per heavy atom. The van der Waals surface area contributed by atoms with Crippen molar-refractivity contribution in [1.82, 2.24) is 15.0 Å². The van der Waals surface area contributed by atoms with Crippen molar-refractivity contribution in [3.05, 3.63) is 71.3 Å². The van der Waals surface area contributed by atoms with Gasteiger partial charge in [0.1, 0.15) is 5.82 Å². The topological polar surface area (TPSA) is 83.0 Å². The highest BCUT2D eigenvalue weighted by molar-refractivity contribution is 5.79. The van der Waals surface area contributed by atoms with E-state index in [0.717, 1.165) is 11.1 Å². The smallest absolute Gasteiger partial charge is 0.257 e. The molecule has 0 saturated carbocycles. The maximum atomic E-state index is 13.0. The molecule has 0 spiro atoms. The van der Waals surface area contributed by atoms with Crippen LogP contribution < -0.4 is 0 Å². The number of carbonyl (C=O) groups is 1. The lowest BCUT2D eigenvalue weighted by atomic mass is 10.1. The standard InChI is InChI=1S/C20H15FN4O2/c21-17-7-3-14(4-8-17)11-25-12-16(9-18(25)26)19-23-20(27-24-19)15-5-1-13(10-22)2-6-15/h1-8,16H,9,11-12H2. The molecule has 2 aromatic carbocycles. The Hall–Kier alpha value is -3.53. The van der Waals surface area contributed by atoms with Crippen LogP contribution in [0.25, 0.3) is 11.5 Å². The van der Waals surface area contributed by atoms with Crippen LogP contribution in [0, 0.1) is 17.1 Å². The SMILES string of the molecule is N#Cc1ccc(-c2nc(C3CC(=O)N(Cc4ccc(F)cc4)C3)no2)cc1. The fraction of sp³-hybridized carbons (Fsp3) is 0.200. The van der Waals surface area contributed by atoms with Gasteiger partial charge in [-0.3, -0.25) is 4.79 Å². The minimum atomic E-state index is -0.300. The molecule has 3 aromatic rings. The lowest BCUT2D eigenvalue weighted by Gasteiger charge is -2.16. The second-order valence-electron chi connectivity index (χ2n) is 6.45. The summed E-state index contributed by atoms with van der Waals surface area (Å²) in [5, 5.41) is 12.9. The van der Waals surface area contributed by atoms with Crippen molar-refractivity contribution in [3.63, 3.8) is 0 Å². The molecule has 0 bridgehead atoms. The van der Waals surface area contributed by atoms with Crippen molar-refractivity contribution in [1.29, 1.82) is 5.26 Å². The predicted molar refractivity (Wildman–Crippen MR) is 93.6 cm³/mol. The summed E-state index contributed by atoms with van der Waals surface area (Å²) in [6.07, 6.45) is 0.313. The molecular weight excluding hydrogens is 347 g/mol. The van der Waals surface area contributed by atoms with Gasteiger partial charge in [0.15, 0.2) is 5.82 Å². The summed E-state index contributed by atoms with van der Waals surface area (Å²) < 4.78 is 18.3. The number of amides is 1. The van der Waals surface area contributed by atoms with Crippen LogP contribution in [0.2, 0.25) is 0 Å². The van der Waals surface area contributed by atoms with E-state index in [2.05, 4.69) is 16.2 Å². The van der Waals surface area contributed by atoms with Gasteiger partial charge in [-0.2, -0.15) is 10.2 Å². The Balaban J connectivity index is 1.46. The van der Waals surface area contributed by atoms with Gasteiger partial charge in [0, 0.05) is 31.0 Å². The molecule has 27 heavy (non-hydrogen) atoms. The fourth-order valence-corrected chi connectivity index (χ4v) is 3.11. The van der Waals surface area contributed by atoms with E-state index in [0.29, 0.717) is 36.8 Å². The number of benzene rings is 2. The third-order valence-corrected chi connectivity index (χ3v) is 4.57. The van der Waals surface area contributed by atoms with Gasteiger partial charge < -0.3 is 9.42 Å². The maximum absolute atomic E-state index is 13.0. The first-order chi connectivity index (χ1) is 13.1. The summed E-state index contributed by atoms with van der Waals surface area (Å²) in [6, 6.07) is 15.0. The predicted octanol–water partition coefficient (Wildman–Crippen LogP) is 3.26. The molecule has 1 amide bonds. The molecule has 7 heteroatoms. The van der Waals surface area contributed by atoms with Crippen LogP contribution in [0.3, 0.4) is 0 Å². The van der Waals surface area contributed by atoms with E-state index in [9.17, 15) is 9.18 Å². The van der Waals surface area contributed by atoms with Crippen molar-refractivity contribution in [2.75, 3.05) is 6.54 Å². The van der Waals surface area contributed by atoms with Gasteiger partial charge in [0.25, 0.3) is 5.89 Å². The first kappa shape index (κ1) is 16.9. The largest absolute Gasteiger partial charge is 0.338 e. The van der Waals surface area contributed by atoms with E-state index in [4.69, 9.17) is 9.78 Å². The third kappa shape index (κ3) is 3.55. The summed E-state index contributed by atoms with van der Waals surface area (Å²) in [5.74, 6) is 0.414. The monoisotopic (exact) mass is 362 g/mol. The molecule has 1 saturated heterocycles. The van der Waals surface area contributed by atoms with Crippen LogP contribution >= 0.6 is 0 Å². The molecule has 1 aliphatic heterocycles. The number of hydrogen-bond donors (Lipinski definition) is 0. The number of hydrogen-bond acceptors (Lipinski definition) is 5. The van der Waals surface area contributed by atoms with Gasteiger partial charge in [-0.25, -0.2) is 4.39 Å². The summed E-state index contributed by atoms with van der Waals surface area (Å²) >= 11 is 0. The van der Waals surface area contributed by atoms with Crippen molar-refractivity contribution in [2.24, 2.45) is 0 Å². The van der Waals surface area contributed by atoms with Crippen LogP contribution in [0.5, 0.6) is 0 Å². The van der Waals surface area contributed by atoms with Crippen molar-refractivity contribution < 1.29 is 13.7 Å². The molecule has 1 fully saturated rings. The Kier molecular flexibility index (Phi) is 4.38. The number of halogens is 1. The zero-order chi connectivity index (χ0) is 18.8. The zero-order valence-corrected chi connectivity index (χ0v) is 14.3. The van der Waals surface area contributed by atoms with Crippen molar-refractivity contribution >= 4 is 5.91 Å². The number of aromatic nitrogens is 2. The second-order valence-corrected chi connectivity index (χ2v) is 6.45. The molecular formula is C20H15FN4O2. The molecule has 1 atom stereocenters. The Morgan fingerprint density at radius 2 is 1.93 bits per heavy atom. The molecule has 0 N–H and O–H groups in total. The van der Waals surface area contributed by atoms with Gasteiger partial charge in [-0.1, -0.05) is 17.3 Å². The van der Waals surface area contributed by atoms with E-state index in [1.54, 1.807) is 41.3 Å². The highest BCUT2D eigenvalue weighted by Crippen LogP contribution is 2.29. The summed E-state index contributed by atoms with van der Waals surface area (Å²) in [5.41, 5.74) is 2.15. The van der Waals surface area contributed by atoms with Crippen LogP contribution in [0.4, 0.5) is 4.39 Å². The Bertz CT molecular complexity index is 1010. The second kappa shape index (κ2) is 7.00. The fourth-order valence-electron chi connectivity index (χ4n) is 3.11. The van der Waals surface area contributed by atoms with Gasteiger partial charge in [-0.05, 0) is 42.0 Å². The maximum Gasteiger partial charge on any atom is 0.257 e. The Morgan fingerprint density at radius 1 is 1.19 bits per heavy atom. The minimum Gasteiger partial charge on any atom is -0.338 e. The van der Waals surface area contributed by atoms with Crippen LogP contribution in [0.15, 0.2) is 53.1 Å².